The van der Waals surface area contributed by atoms with Crippen LogP contribution in [0, 0.1) is 0 Å². The Morgan fingerprint density at radius 1 is 1.18 bits per heavy atom. The van der Waals surface area contributed by atoms with E-state index in [9.17, 15) is 26.7 Å². The molecule has 0 aliphatic rings. The molecule has 0 radical (unpaired) electrons. The first-order valence-corrected chi connectivity index (χ1v) is 12.0. The third kappa shape index (κ3) is 4.42. The maximum absolute atomic E-state index is 13.2. The van der Waals surface area contributed by atoms with Gasteiger partial charge in [-0.25, -0.2) is 13.4 Å². The quantitative estimate of drug-likeness (QED) is 0.433. The minimum Gasteiger partial charge on any atom is -0.381 e. The number of fused-ring (bicyclic) bond motifs is 2. The first-order valence-electron chi connectivity index (χ1n) is 9.72. The molecule has 13 heteroatoms. The molecule has 0 aliphatic carbocycles. The van der Waals surface area contributed by atoms with Crippen LogP contribution in [0.5, 0.6) is 0 Å². The first-order chi connectivity index (χ1) is 15.3. The standard InChI is InChI=1S/C20H19ClF3N5O3S/c1-19(30,20(22,23)24)6-8-28-15-4-3-12(21)9-14(15)26-17(28)11-29-16-10-25-7-5-13(16)18(27-29)33(2,31)32/h3-5,7,9-10,30H,6,8,11H2,1-2H3. The summed E-state index contributed by atoms with van der Waals surface area (Å²) < 4.78 is 66.9. The van der Waals surface area contributed by atoms with E-state index in [1.165, 1.54) is 27.7 Å². The zero-order chi connectivity index (χ0) is 24.2. The van der Waals surface area contributed by atoms with E-state index in [2.05, 4.69) is 15.1 Å². The highest BCUT2D eigenvalue weighted by Gasteiger charge is 2.49. The summed E-state index contributed by atoms with van der Waals surface area (Å²) in [6.45, 7) is 0.474. The van der Waals surface area contributed by atoms with Gasteiger partial charge in [0.1, 0.15) is 5.82 Å². The van der Waals surface area contributed by atoms with Gasteiger partial charge in [0.2, 0.25) is 0 Å². The van der Waals surface area contributed by atoms with E-state index in [4.69, 9.17) is 11.6 Å². The molecule has 0 amide bonds. The van der Waals surface area contributed by atoms with Crippen molar-refractivity contribution < 1.29 is 26.7 Å². The molecule has 1 atom stereocenters. The SMILES string of the molecule is CC(O)(CCn1c(Cn2nc(S(C)(=O)=O)c3ccncc32)nc2cc(Cl)ccc21)C(F)(F)F. The highest BCUT2D eigenvalue weighted by molar-refractivity contribution is 7.90. The Bertz CT molecular complexity index is 1460. The van der Waals surface area contributed by atoms with Gasteiger partial charge in [-0.2, -0.15) is 18.3 Å². The van der Waals surface area contributed by atoms with E-state index in [-0.39, 0.29) is 18.1 Å². The second-order valence-electron chi connectivity index (χ2n) is 7.96. The summed E-state index contributed by atoms with van der Waals surface area (Å²) in [6.07, 6.45) is -1.49. The van der Waals surface area contributed by atoms with Gasteiger partial charge in [0.15, 0.2) is 20.5 Å². The number of aliphatic hydroxyl groups is 1. The van der Waals surface area contributed by atoms with E-state index in [0.717, 1.165) is 6.26 Å². The van der Waals surface area contributed by atoms with Crippen molar-refractivity contribution in [3.63, 3.8) is 0 Å². The average Bonchev–Trinajstić information content (AvgIpc) is 3.23. The van der Waals surface area contributed by atoms with Crippen LogP contribution in [0.25, 0.3) is 21.9 Å². The second kappa shape index (κ2) is 7.96. The van der Waals surface area contributed by atoms with Crippen LogP contribution in [-0.4, -0.2) is 55.9 Å². The Hall–Kier alpha value is -2.70. The molecule has 4 rings (SSSR count). The number of hydrogen-bond acceptors (Lipinski definition) is 6. The van der Waals surface area contributed by atoms with Crippen LogP contribution in [0.15, 0.2) is 41.7 Å². The van der Waals surface area contributed by atoms with Crippen molar-refractivity contribution >= 4 is 43.4 Å². The number of aryl methyl sites for hydroxylation is 1. The topological polar surface area (TPSA) is 103 Å². The number of sulfone groups is 1. The molecule has 8 nitrogen and oxygen atoms in total. The molecule has 4 aromatic rings. The summed E-state index contributed by atoms with van der Waals surface area (Å²) in [5.74, 6) is 0.318. The molecule has 0 aliphatic heterocycles. The third-order valence-corrected chi connectivity index (χ3v) is 6.62. The van der Waals surface area contributed by atoms with Crippen LogP contribution >= 0.6 is 11.6 Å². The Labute approximate surface area is 191 Å². The fourth-order valence-electron chi connectivity index (χ4n) is 3.51. The van der Waals surface area contributed by atoms with Crippen molar-refractivity contribution in [3.05, 3.63) is 47.5 Å². The summed E-state index contributed by atoms with van der Waals surface area (Å²) in [6, 6.07) is 6.31. The monoisotopic (exact) mass is 501 g/mol. The summed E-state index contributed by atoms with van der Waals surface area (Å²) in [7, 11) is -3.65. The van der Waals surface area contributed by atoms with Crippen LogP contribution < -0.4 is 0 Å². The number of benzene rings is 1. The van der Waals surface area contributed by atoms with Gasteiger partial charge in [0.25, 0.3) is 0 Å². The van der Waals surface area contributed by atoms with Gasteiger partial charge >= 0.3 is 6.18 Å². The van der Waals surface area contributed by atoms with E-state index in [1.807, 2.05) is 0 Å². The van der Waals surface area contributed by atoms with E-state index in [1.54, 1.807) is 18.2 Å². The normalized spacial score (nSPS) is 14.8. The molecule has 0 fully saturated rings. The van der Waals surface area contributed by atoms with Gasteiger partial charge in [-0.1, -0.05) is 11.6 Å². The predicted octanol–water partition coefficient (Wildman–Crippen LogP) is 3.59. The highest BCUT2D eigenvalue weighted by Crippen LogP contribution is 2.34. The number of pyridine rings is 1. The summed E-state index contributed by atoms with van der Waals surface area (Å²) >= 11 is 6.05. The lowest BCUT2D eigenvalue weighted by Gasteiger charge is -2.26. The van der Waals surface area contributed by atoms with E-state index >= 15 is 0 Å². The van der Waals surface area contributed by atoms with Crippen molar-refractivity contribution in [2.45, 2.75) is 43.2 Å². The highest BCUT2D eigenvalue weighted by atomic mass is 35.5. The number of nitrogens with zero attached hydrogens (tertiary/aromatic N) is 5. The Balaban J connectivity index is 1.81. The van der Waals surface area contributed by atoms with Gasteiger partial charge in [-0.3, -0.25) is 9.67 Å². The number of halogens is 4. The van der Waals surface area contributed by atoms with E-state index in [0.29, 0.717) is 39.7 Å². The van der Waals surface area contributed by atoms with Gasteiger partial charge < -0.3 is 9.67 Å². The molecular formula is C20H19ClF3N5O3S. The van der Waals surface area contributed by atoms with Gasteiger partial charge in [0, 0.05) is 35.8 Å². The number of aromatic nitrogens is 5. The lowest BCUT2D eigenvalue weighted by Crippen LogP contribution is -2.42. The fourth-order valence-corrected chi connectivity index (χ4v) is 4.50. The van der Waals surface area contributed by atoms with Crippen LogP contribution in [0.2, 0.25) is 5.02 Å². The largest absolute Gasteiger partial charge is 0.416 e. The van der Waals surface area contributed by atoms with E-state index < -0.39 is 28.0 Å². The Kier molecular flexibility index (Phi) is 5.66. The van der Waals surface area contributed by atoms with Crippen molar-refractivity contribution in [1.29, 1.82) is 0 Å². The maximum Gasteiger partial charge on any atom is 0.416 e. The Morgan fingerprint density at radius 2 is 1.91 bits per heavy atom. The minimum absolute atomic E-state index is 0.0435. The molecule has 33 heavy (non-hydrogen) atoms. The zero-order valence-corrected chi connectivity index (χ0v) is 19.1. The molecule has 1 N–H and O–H groups in total. The number of hydrogen-bond donors (Lipinski definition) is 1. The molecule has 0 bridgehead atoms. The van der Waals surface area contributed by atoms with Crippen LogP contribution in [-0.2, 0) is 22.9 Å². The van der Waals surface area contributed by atoms with Crippen molar-refractivity contribution in [3.8, 4) is 0 Å². The zero-order valence-electron chi connectivity index (χ0n) is 17.5. The summed E-state index contributed by atoms with van der Waals surface area (Å²) in [5.41, 5.74) is -1.51. The van der Waals surface area contributed by atoms with Crippen LogP contribution in [0.4, 0.5) is 13.2 Å². The third-order valence-electron chi connectivity index (χ3n) is 5.38. The maximum atomic E-state index is 13.2. The van der Waals surface area contributed by atoms with Gasteiger partial charge in [-0.15, -0.1) is 0 Å². The molecule has 3 aromatic heterocycles. The number of alkyl halides is 3. The molecule has 1 aromatic carbocycles. The van der Waals surface area contributed by atoms with Crippen molar-refractivity contribution in [2.24, 2.45) is 0 Å². The summed E-state index contributed by atoms with van der Waals surface area (Å²) in [5, 5.41) is 14.8. The second-order valence-corrected chi connectivity index (χ2v) is 10.3. The molecule has 0 saturated carbocycles. The molecule has 176 valence electrons. The molecular weight excluding hydrogens is 483 g/mol. The van der Waals surface area contributed by atoms with Gasteiger partial charge in [0.05, 0.1) is 29.3 Å². The molecule has 0 saturated heterocycles. The lowest BCUT2D eigenvalue weighted by molar-refractivity contribution is -0.255. The molecule has 0 spiro atoms. The smallest absolute Gasteiger partial charge is 0.381 e. The summed E-state index contributed by atoms with van der Waals surface area (Å²) in [4.78, 5) is 8.52. The lowest BCUT2D eigenvalue weighted by atomic mass is 10.0. The first kappa shape index (κ1) is 23.5. The van der Waals surface area contributed by atoms with Crippen molar-refractivity contribution in [1.82, 2.24) is 24.3 Å². The Morgan fingerprint density at radius 3 is 2.58 bits per heavy atom. The van der Waals surface area contributed by atoms with Crippen molar-refractivity contribution in [2.75, 3.05) is 6.26 Å². The van der Waals surface area contributed by atoms with Crippen LogP contribution in [0.3, 0.4) is 0 Å². The molecule has 3 heterocycles. The average molecular weight is 502 g/mol. The number of rotatable bonds is 6. The molecule has 1 unspecified atom stereocenters. The minimum atomic E-state index is -4.80. The fraction of sp³-hybridized carbons (Fsp3) is 0.350. The van der Waals surface area contributed by atoms with Gasteiger partial charge in [-0.05, 0) is 31.2 Å². The predicted molar refractivity (Wildman–Crippen MR) is 116 cm³/mol. The van der Waals surface area contributed by atoms with Crippen LogP contribution in [0.1, 0.15) is 19.2 Å². The number of imidazole rings is 1.